The third kappa shape index (κ3) is 4.39. The number of phenolic OH excluding ortho intramolecular Hbond substituents is 1. The number of rotatable bonds is 6. The van der Waals surface area contributed by atoms with Gasteiger partial charge in [-0.25, -0.2) is 0 Å². The number of pyridine rings is 1. The van der Waals surface area contributed by atoms with Crippen LogP contribution in [0.3, 0.4) is 0 Å². The molecule has 2 atom stereocenters. The first-order chi connectivity index (χ1) is 12.2. The average Bonchev–Trinajstić information content (AvgIpc) is 2.67. The molecule has 1 aliphatic rings. The number of hydrogen-bond donors (Lipinski definition) is 2. The van der Waals surface area contributed by atoms with Crippen molar-refractivity contribution >= 4 is 0 Å². The summed E-state index contributed by atoms with van der Waals surface area (Å²) < 4.78 is 0. The van der Waals surface area contributed by atoms with E-state index in [9.17, 15) is 5.11 Å². The van der Waals surface area contributed by atoms with Crippen LogP contribution in [0, 0.1) is 0 Å². The van der Waals surface area contributed by atoms with Gasteiger partial charge in [-0.1, -0.05) is 25.1 Å². The Morgan fingerprint density at radius 2 is 1.84 bits per heavy atom. The highest BCUT2D eigenvalue weighted by atomic mass is 16.3. The van der Waals surface area contributed by atoms with E-state index in [1.807, 2.05) is 30.6 Å². The van der Waals surface area contributed by atoms with Gasteiger partial charge in [0.2, 0.25) is 0 Å². The molecule has 0 radical (unpaired) electrons. The highest BCUT2D eigenvalue weighted by Crippen LogP contribution is 2.29. The number of piperidine rings is 1. The molecular weight excluding hydrogens is 310 g/mol. The molecule has 0 spiro atoms. The van der Waals surface area contributed by atoms with E-state index in [0.717, 1.165) is 37.9 Å². The van der Waals surface area contributed by atoms with Crippen molar-refractivity contribution in [3.05, 3.63) is 59.9 Å². The standard InChI is InChI=1S/C21H29N3O/c1-3-20(19-6-4-5-7-21(19)25)23-18-10-14-24(15-11-18)16(2)17-8-12-22-13-9-17/h4-9,12-13,16,18,20,23,25H,3,10-11,14-15H2,1-2H3/t16-,20+/m0/s1. The Balaban J connectivity index is 1.56. The third-order valence-corrected chi connectivity index (χ3v) is 5.42. The van der Waals surface area contributed by atoms with Gasteiger partial charge in [-0.15, -0.1) is 0 Å². The van der Waals surface area contributed by atoms with Crippen molar-refractivity contribution in [2.24, 2.45) is 0 Å². The van der Waals surface area contributed by atoms with Gasteiger partial charge in [-0.3, -0.25) is 9.88 Å². The Morgan fingerprint density at radius 1 is 1.16 bits per heavy atom. The van der Waals surface area contributed by atoms with Crippen LogP contribution in [-0.2, 0) is 0 Å². The summed E-state index contributed by atoms with van der Waals surface area (Å²) in [4.78, 5) is 6.66. The smallest absolute Gasteiger partial charge is 0.120 e. The van der Waals surface area contributed by atoms with Gasteiger partial charge in [0.05, 0.1) is 0 Å². The Labute approximate surface area is 150 Å². The molecule has 4 nitrogen and oxygen atoms in total. The minimum Gasteiger partial charge on any atom is -0.508 e. The highest BCUT2D eigenvalue weighted by Gasteiger charge is 2.25. The maximum Gasteiger partial charge on any atom is 0.120 e. The number of benzene rings is 1. The lowest BCUT2D eigenvalue weighted by molar-refractivity contribution is 0.147. The van der Waals surface area contributed by atoms with Gasteiger partial charge in [0, 0.05) is 49.2 Å². The third-order valence-electron chi connectivity index (χ3n) is 5.42. The molecule has 1 aliphatic heterocycles. The predicted molar refractivity (Wildman–Crippen MR) is 102 cm³/mol. The summed E-state index contributed by atoms with van der Waals surface area (Å²) >= 11 is 0. The van der Waals surface area contributed by atoms with Crippen molar-refractivity contribution in [3.8, 4) is 5.75 Å². The molecule has 1 fully saturated rings. The molecule has 4 heteroatoms. The van der Waals surface area contributed by atoms with Crippen molar-refractivity contribution < 1.29 is 5.11 Å². The molecule has 1 aromatic heterocycles. The molecule has 134 valence electrons. The summed E-state index contributed by atoms with van der Waals surface area (Å²) in [7, 11) is 0. The monoisotopic (exact) mass is 339 g/mol. The fourth-order valence-corrected chi connectivity index (χ4v) is 3.80. The van der Waals surface area contributed by atoms with E-state index < -0.39 is 0 Å². The molecular formula is C21H29N3O. The second-order valence-electron chi connectivity index (χ2n) is 6.95. The molecule has 0 saturated carbocycles. The summed E-state index contributed by atoms with van der Waals surface area (Å²) in [6.07, 6.45) is 7.00. The van der Waals surface area contributed by atoms with Crippen molar-refractivity contribution in [3.63, 3.8) is 0 Å². The van der Waals surface area contributed by atoms with Crippen LogP contribution >= 0.6 is 0 Å². The molecule has 2 N–H and O–H groups in total. The molecule has 1 aromatic carbocycles. The number of likely N-dealkylation sites (tertiary alicyclic amines) is 1. The molecule has 25 heavy (non-hydrogen) atoms. The first kappa shape index (κ1) is 17.9. The second-order valence-corrected chi connectivity index (χ2v) is 6.95. The van der Waals surface area contributed by atoms with Crippen molar-refractivity contribution in [2.45, 2.75) is 51.2 Å². The van der Waals surface area contributed by atoms with Gasteiger partial charge in [-0.05, 0) is 49.9 Å². The zero-order chi connectivity index (χ0) is 17.6. The number of aromatic hydroxyl groups is 1. The molecule has 3 rings (SSSR count). The van der Waals surface area contributed by atoms with E-state index in [1.54, 1.807) is 6.07 Å². The fourth-order valence-electron chi connectivity index (χ4n) is 3.80. The summed E-state index contributed by atoms with van der Waals surface area (Å²) in [6, 6.07) is 13.1. The van der Waals surface area contributed by atoms with Gasteiger partial charge in [0.15, 0.2) is 0 Å². The number of para-hydroxylation sites is 1. The minimum absolute atomic E-state index is 0.218. The lowest BCUT2D eigenvalue weighted by Gasteiger charge is -2.38. The molecule has 0 bridgehead atoms. The number of nitrogens with zero attached hydrogens (tertiary/aromatic N) is 2. The van der Waals surface area contributed by atoms with Crippen LogP contribution in [0.4, 0.5) is 0 Å². The van der Waals surface area contributed by atoms with Crippen molar-refractivity contribution in [2.75, 3.05) is 13.1 Å². The Hall–Kier alpha value is -1.91. The molecule has 2 heterocycles. The van der Waals surface area contributed by atoms with E-state index in [4.69, 9.17) is 0 Å². The van der Waals surface area contributed by atoms with Crippen LogP contribution in [0.25, 0.3) is 0 Å². The molecule has 2 aromatic rings. The van der Waals surface area contributed by atoms with Gasteiger partial charge >= 0.3 is 0 Å². The molecule has 0 amide bonds. The van der Waals surface area contributed by atoms with E-state index in [-0.39, 0.29) is 6.04 Å². The largest absolute Gasteiger partial charge is 0.508 e. The van der Waals surface area contributed by atoms with E-state index in [1.165, 1.54) is 5.56 Å². The number of phenols is 1. The number of hydrogen-bond acceptors (Lipinski definition) is 4. The maximum atomic E-state index is 10.1. The van der Waals surface area contributed by atoms with Crippen LogP contribution in [0.15, 0.2) is 48.8 Å². The summed E-state index contributed by atoms with van der Waals surface area (Å²) in [5, 5.41) is 13.9. The number of aromatic nitrogens is 1. The van der Waals surface area contributed by atoms with Crippen LogP contribution in [0.5, 0.6) is 5.75 Å². The van der Waals surface area contributed by atoms with Gasteiger partial charge in [0.1, 0.15) is 5.75 Å². The van der Waals surface area contributed by atoms with Gasteiger partial charge < -0.3 is 10.4 Å². The number of nitrogens with one attached hydrogen (secondary N) is 1. The lowest BCUT2D eigenvalue weighted by Crippen LogP contribution is -2.44. The molecule has 0 aliphatic carbocycles. The van der Waals surface area contributed by atoms with Crippen LogP contribution in [0.2, 0.25) is 0 Å². The predicted octanol–water partition coefficient (Wildman–Crippen LogP) is 4.05. The van der Waals surface area contributed by atoms with Crippen LogP contribution in [0.1, 0.15) is 56.3 Å². The Bertz CT molecular complexity index is 653. The van der Waals surface area contributed by atoms with Crippen LogP contribution < -0.4 is 5.32 Å². The first-order valence-corrected chi connectivity index (χ1v) is 9.37. The Morgan fingerprint density at radius 3 is 2.48 bits per heavy atom. The summed E-state index contributed by atoms with van der Waals surface area (Å²) in [5.41, 5.74) is 2.35. The highest BCUT2D eigenvalue weighted by molar-refractivity contribution is 5.34. The first-order valence-electron chi connectivity index (χ1n) is 9.37. The molecule has 0 unspecified atom stereocenters. The SMILES string of the molecule is CC[C@@H](NC1CCN([C@@H](C)c2ccncc2)CC1)c1ccccc1O. The zero-order valence-electron chi connectivity index (χ0n) is 15.2. The lowest BCUT2D eigenvalue weighted by atomic mass is 9.97. The fraction of sp³-hybridized carbons (Fsp3) is 0.476. The average molecular weight is 339 g/mol. The van der Waals surface area contributed by atoms with Gasteiger partial charge in [0.25, 0.3) is 0 Å². The quantitative estimate of drug-likeness (QED) is 0.833. The second kappa shape index (κ2) is 8.45. The van der Waals surface area contributed by atoms with E-state index in [0.29, 0.717) is 17.8 Å². The summed E-state index contributed by atoms with van der Waals surface area (Å²) in [5.74, 6) is 0.394. The normalized spacial score (nSPS) is 18.8. The van der Waals surface area contributed by atoms with Gasteiger partial charge in [-0.2, -0.15) is 0 Å². The van der Waals surface area contributed by atoms with Crippen molar-refractivity contribution in [1.29, 1.82) is 0 Å². The Kier molecular flexibility index (Phi) is 6.05. The topological polar surface area (TPSA) is 48.4 Å². The van der Waals surface area contributed by atoms with Crippen molar-refractivity contribution in [1.82, 2.24) is 15.2 Å². The van der Waals surface area contributed by atoms with E-state index in [2.05, 4.69) is 41.2 Å². The van der Waals surface area contributed by atoms with Crippen LogP contribution in [-0.4, -0.2) is 34.1 Å². The zero-order valence-corrected chi connectivity index (χ0v) is 15.2. The maximum absolute atomic E-state index is 10.1. The van der Waals surface area contributed by atoms with E-state index >= 15 is 0 Å². The molecule has 1 saturated heterocycles. The summed E-state index contributed by atoms with van der Waals surface area (Å²) in [6.45, 7) is 6.64. The minimum atomic E-state index is 0.218.